The van der Waals surface area contributed by atoms with Gasteiger partial charge in [-0.3, -0.25) is 4.98 Å². The molecule has 0 aliphatic carbocycles. The highest BCUT2D eigenvalue weighted by atomic mass is 32.2. The molecule has 2 aromatic rings. The van der Waals surface area contributed by atoms with Crippen molar-refractivity contribution in [3.05, 3.63) is 35.2 Å². The van der Waals surface area contributed by atoms with Crippen LogP contribution in [0.15, 0.2) is 29.3 Å². The summed E-state index contributed by atoms with van der Waals surface area (Å²) >= 11 is 0. The highest BCUT2D eigenvalue weighted by molar-refractivity contribution is 7.91. The van der Waals surface area contributed by atoms with Crippen molar-refractivity contribution in [3.8, 4) is 17.3 Å². The molecule has 7 nitrogen and oxygen atoms in total. The summed E-state index contributed by atoms with van der Waals surface area (Å²) in [5.74, 6) is -6.07. The second kappa shape index (κ2) is 8.20. The van der Waals surface area contributed by atoms with Gasteiger partial charge in [0.25, 0.3) is 0 Å². The fourth-order valence-corrected chi connectivity index (χ4v) is 3.11. The number of ether oxygens (including phenoxy) is 1. The summed E-state index contributed by atoms with van der Waals surface area (Å²) in [5, 5.41) is 15.1. The zero-order chi connectivity index (χ0) is 22.9. The van der Waals surface area contributed by atoms with E-state index in [4.69, 9.17) is 0 Å². The molecule has 2 rings (SSSR count). The van der Waals surface area contributed by atoms with E-state index in [9.17, 15) is 44.4 Å². The van der Waals surface area contributed by atoms with Crippen molar-refractivity contribution in [2.24, 2.45) is 0 Å². The minimum atomic E-state index is -4.90. The van der Waals surface area contributed by atoms with Crippen molar-refractivity contribution in [2.45, 2.75) is 30.3 Å². The number of pyridine rings is 1. The first-order chi connectivity index (χ1) is 13.7. The predicted octanol–water partition coefficient (Wildman–Crippen LogP) is 2.87. The van der Waals surface area contributed by atoms with Crippen LogP contribution in [-0.2, 0) is 16.0 Å². The molecule has 0 bridgehead atoms. The van der Waals surface area contributed by atoms with E-state index in [0.717, 1.165) is 6.07 Å². The quantitative estimate of drug-likeness (QED) is 0.356. The molecule has 0 aliphatic heterocycles. The molecule has 0 fully saturated rings. The predicted molar refractivity (Wildman–Crippen MR) is 85.6 cm³/mol. The number of halogens is 7. The molecule has 0 aromatic carbocycles. The molecule has 0 saturated carbocycles. The highest BCUT2D eigenvalue weighted by Gasteiger charge is 2.42. The van der Waals surface area contributed by atoms with Crippen molar-refractivity contribution in [2.75, 3.05) is 12.4 Å². The molecule has 0 unspecified atom stereocenters. The molecule has 166 valence electrons. The smallest absolute Gasteiger partial charge is 0.417 e. The van der Waals surface area contributed by atoms with E-state index in [1.165, 1.54) is 6.92 Å². The third kappa shape index (κ3) is 5.06. The van der Waals surface area contributed by atoms with E-state index in [1.54, 1.807) is 0 Å². The molecule has 0 saturated heterocycles. The molecule has 0 radical (unpaired) electrons. The van der Waals surface area contributed by atoms with Crippen molar-refractivity contribution in [3.63, 3.8) is 0 Å². The fourth-order valence-electron chi connectivity index (χ4n) is 2.04. The number of alkyl halides is 7. The fraction of sp³-hybridized carbons (Fsp3) is 0.400. The zero-order valence-corrected chi connectivity index (χ0v) is 15.6. The summed E-state index contributed by atoms with van der Waals surface area (Å²) in [4.78, 5) is 2.16. The van der Waals surface area contributed by atoms with Gasteiger partial charge in [-0.25, -0.2) is 17.2 Å². The van der Waals surface area contributed by atoms with Gasteiger partial charge in [0, 0.05) is 11.3 Å². The Labute approximate surface area is 164 Å². The lowest BCUT2D eigenvalue weighted by Crippen LogP contribution is -2.39. The molecular formula is C15H12F7N3O4S. The lowest BCUT2D eigenvalue weighted by molar-refractivity contribution is -0.674. The Hall–Kier alpha value is -2.71. The summed E-state index contributed by atoms with van der Waals surface area (Å²) in [7, 11) is -4.25. The van der Waals surface area contributed by atoms with Crippen LogP contribution in [0.2, 0.25) is 0 Å². The monoisotopic (exact) mass is 463 g/mol. The van der Waals surface area contributed by atoms with Crippen LogP contribution >= 0.6 is 0 Å². The van der Waals surface area contributed by atoms with Crippen molar-refractivity contribution in [1.82, 2.24) is 10.1 Å². The van der Waals surface area contributed by atoms with Gasteiger partial charge in [-0.2, -0.15) is 22.0 Å². The third-order valence-electron chi connectivity index (χ3n) is 3.64. The number of sulfone groups is 1. The van der Waals surface area contributed by atoms with E-state index in [0.29, 0.717) is 18.3 Å². The van der Waals surface area contributed by atoms with Gasteiger partial charge >= 0.3 is 24.4 Å². The van der Waals surface area contributed by atoms with Crippen LogP contribution in [0.25, 0.3) is 11.4 Å². The van der Waals surface area contributed by atoms with Crippen LogP contribution in [0.1, 0.15) is 12.5 Å². The van der Waals surface area contributed by atoms with Gasteiger partial charge in [-0.15, -0.1) is 0 Å². The molecule has 0 amide bonds. The number of nitrogens with zero attached hydrogens (tertiary/aromatic N) is 3. The van der Waals surface area contributed by atoms with Crippen molar-refractivity contribution < 1.29 is 48.7 Å². The maximum Gasteiger partial charge on any atom is 0.417 e. The van der Waals surface area contributed by atoms with Crippen LogP contribution < -0.4 is 9.58 Å². The number of rotatable bonds is 7. The second-order valence-electron chi connectivity index (χ2n) is 5.75. The van der Waals surface area contributed by atoms with E-state index in [1.807, 2.05) is 0 Å². The Morgan fingerprint density at radius 2 is 1.83 bits per heavy atom. The first kappa shape index (κ1) is 23.6. The molecule has 0 spiro atoms. The van der Waals surface area contributed by atoms with Gasteiger partial charge in [-0.1, -0.05) is 6.92 Å². The molecule has 2 aromatic heterocycles. The Morgan fingerprint density at radius 3 is 2.33 bits per heavy atom. The van der Waals surface area contributed by atoms with Gasteiger partial charge in [0.15, 0.2) is 22.1 Å². The summed E-state index contributed by atoms with van der Waals surface area (Å²) < 4.78 is 117. The standard InChI is InChI=1S/C15H12F7N3O4S/c1-2-30(27,28)10-5-8(15(20,21)22)6-23-12(10)9-3-4-11(25(26)24-9)29-7-14(18,19)13(16)17/h3-6,13H,2,7H2,1H3. The lowest BCUT2D eigenvalue weighted by Gasteiger charge is -2.15. The number of hydrogen-bond donors (Lipinski definition) is 0. The maximum absolute atomic E-state index is 12.9. The first-order valence-corrected chi connectivity index (χ1v) is 9.54. The van der Waals surface area contributed by atoms with Gasteiger partial charge in [0.2, 0.25) is 0 Å². The second-order valence-corrected chi connectivity index (χ2v) is 8.00. The van der Waals surface area contributed by atoms with Crippen molar-refractivity contribution >= 4 is 9.84 Å². The van der Waals surface area contributed by atoms with Gasteiger partial charge in [0.05, 0.1) is 22.3 Å². The Kier molecular flexibility index (Phi) is 6.44. The molecule has 0 N–H and O–H groups in total. The lowest BCUT2D eigenvalue weighted by atomic mass is 10.2. The van der Waals surface area contributed by atoms with E-state index < -0.39 is 73.3 Å². The Bertz CT molecular complexity index is 1030. The molecule has 15 heteroatoms. The van der Waals surface area contributed by atoms with Crippen LogP contribution in [-0.4, -0.2) is 43.2 Å². The summed E-state index contributed by atoms with van der Waals surface area (Å²) in [6.07, 6.45) is -8.62. The minimum Gasteiger partial charge on any atom is -0.591 e. The average Bonchev–Trinajstić information content (AvgIpc) is 2.65. The molecule has 0 atom stereocenters. The number of hydrogen-bond acceptors (Lipinski definition) is 6. The minimum absolute atomic E-state index is 0.325. The summed E-state index contributed by atoms with van der Waals surface area (Å²) in [5.41, 5.74) is -2.47. The normalized spacial score (nSPS) is 13.0. The molecule has 30 heavy (non-hydrogen) atoms. The Balaban J connectivity index is 2.48. The summed E-state index contributed by atoms with van der Waals surface area (Å²) in [6, 6.07) is 1.89. The van der Waals surface area contributed by atoms with Crippen LogP contribution in [0, 0.1) is 5.21 Å². The summed E-state index contributed by atoms with van der Waals surface area (Å²) in [6.45, 7) is -0.678. The molecule has 2 heterocycles. The largest absolute Gasteiger partial charge is 0.591 e. The molecular weight excluding hydrogens is 451 g/mol. The SMILES string of the molecule is CCS(=O)(=O)c1cc(C(F)(F)F)cnc1-c1ccc(OCC(F)(F)C(F)F)[n+]([O-])n1. The average molecular weight is 463 g/mol. The van der Waals surface area contributed by atoms with Crippen molar-refractivity contribution in [1.29, 1.82) is 0 Å². The van der Waals surface area contributed by atoms with Gasteiger partial charge < -0.3 is 9.94 Å². The van der Waals surface area contributed by atoms with Gasteiger partial charge in [-0.05, 0) is 17.0 Å². The maximum atomic E-state index is 12.9. The van der Waals surface area contributed by atoms with Crippen LogP contribution in [0.5, 0.6) is 5.88 Å². The van der Waals surface area contributed by atoms with Crippen LogP contribution in [0.3, 0.4) is 0 Å². The van der Waals surface area contributed by atoms with Crippen LogP contribution in [0.4, 0.5) is 30.7 Å². The highest BCUT2D eigenvalue weighted by Crippen LogP contribution is 2.33. The Morgan fingerprint density at radius 1 is 1.20 bits per heavy atom. The van der Waals surface area contributed by atoms with Gasteiger partial charge in [0.1, 0.15) is 5.69 Å². The molecule has 0 aliphatic rings. The first-order valence-electron chi connectivity index (χ1n) is 7.89. The third-order valence-corrected chi connectivity index (χ3v) is 5.38. The number of aromatic nitrogens is 3. The topological polar surface area (TPSA) is 96.1 Å². The van der Waals surface area contributed by atoms with E-state index >= 15 is 0 Å². The zero-order valence-electron chi connectivity index (χ0n) is 14.8. The van der Waals surface area contributed by atoms with E-state index in [2.05, 4.69) is 14.8 Å². The van der Waals surface area contributed by atoms with E-state index in [-0.39, 0.29) is 0 Å².